The Bertz CT molecular complexity index is 411. The lowest BCUT2D eigenvalue weighted by molar-refractivity contribution is -0.117. The van der Waals surface area contributed by atoms with Crippen LogP contribution in [0.15, 0.2) is 11.6 Å². The third-order valence-electron chi connectivity index (χ3n) is 6.05. The first kappa shape index (κ1) is 11.5. The number of ketones is 1. The smallest absolute Gasteiger partial charge is 0.159 e. The summed E-state index contributed by atoms with van der Waals surface area (Å²) in [6, 6.07) is 0. The van der Waals surface area contributed by atoms with Crippen LogP contribution in [0.1, 0.15) is 40.0 Å². The summed E-state index contributed by atoms with van der Waals surface area (Å²) < 4.78 is 0. The van der Waals surface area contributed by atoms with Crippen LogP contribution in [0.25, 0.3) is 0 Å². The lowest BCUT2D eigenvalue weighted by atomic mass is 9.59. The van der Waals surface area contributed by atoms with E-state index in [-0.39, 0.29) is 29.1 Å². The van der Waals surface area contributed by atoms with Crippen LogP contribution in [-0.4, -0.2) is 17.5 Å². The molecule has 2 fully saturated rings. The molecule has 2 heteroatoms. The number of aliphatic hydroxyl groups is 1. The highest BCUT2D eigenvalue weighted by Gasteiger charge is 2.73. The Morgan fingerprint density at radius 2 is 2.18 bits per heavy atom. The van der Waals surface area contributed by atoms with Crippen molar-refractivity contribution in [3.8, 4) is 0 Å². The zero-order chi connectivity index (χ0) is 12.4. The van der Waals surface area contributed by atoms with Gasteiger partial charge >= 0.3 is 0 Å². The highest BCUT2D eigenvalue weighted by Crippen LogP contribution is 2.73. The van der Waals surface area contributed by atoms with Crippen LogP contribution >= 0.6 is 0 Å². The molecule has 5 atom stereocenters. The lowest BCUT2D eigenvalue weighted by Gasteiger charge is -2.45. The van der Waals surface area contributed by atoms with Crippen molar-refractivity contribution in [1.29, 1.82) is 0 Å². The molecule has 5 unspecified atom stereocenters. The molecule has 0 saturated heterocycles. The topological polar surface area (TPSA) is 37.3 Å². The van der Waals surface area contributed by atoms with Crippen LogP contribution in [0.4, 0.5) is 0 Å². The van der Waals surface area contributed by atoms with Gasteiger partial charge in [-0.2, -0.15) is 0 Å². The van der Waals surface area contributed by atoms with Crippen LogP contribution in [-0.2, 0) is 4.79 Å². The van der Waals surface area contributed by atoms with Crippen LogP contribution < -0.4 is 0 Å². The predicted molar refractivity (Wildman–Crippen MR) is 66.4 cm³/mol. The Kier molecular flexibility index (Phi) is 2.17. The van der Waals surface area contributed by atoms with Gasteiger partial charge in [-0.25, -0.2) is 0 Å². The molecule has 0 aromatic rings. The fraction of sp³-hybridized carbons (Fsp3) is 0.800. The standard InChI is InChI=1S/C15H22O2/c1-9-5-4-6-10-7-11(17)12-13(15(9,10)3)14(12,2)8-16/h7,9,12-13,16H,4-6,8H2,1-3H3. The summed E-state index contributed by atoms with van der Waals surface area (Å²) in [6.07, 6.45) is 5.46. The van der Waals surface area contributed by atoms with Gasteiger partial charge in [0, 0.05) is 17.9 Å². The molecule has 0 aliphatic heterocycles. The van der Waals surface area contributed by atoms with E-state index in [1.807, 2.05) is 6.08 Å². The Morgan fingerprint density at radius 3 is 2.82 bits per heavy atom. The SMILES string of the molecule is CC1CCCC2=CC(=O)C3C(C3(C)CO)C21C. The minimum Gasteiger partial charge on any atom is -0.396 e. The average molecular weight is 234 g/mol. The quantitative estimate of drug-likeness (QED) is 0.757. The van der Waals surface area contributed by atoms with Gasteiger partial charge in [-0.3, -0.25) is 4.79 Å². The number of rotatable bonds is 1. The van der Waals surface area contributed by atoms with Crippen molar-refractivity contribution in [2.24, 2.45) is 28.6 Å². The van der Waals surface area contributed by atoms with Gasteiger partial charge in [0.25, 0.3) is 0 Å². The lowest BCUT2D eigenvalue weighted by Crippen LogP contribution is -2.38. The van der Waals surface area contributed by atoms with Crippen molar-refractivity contribution in [2.45, 2.75) is 40.0 Å². The summed E-state index contributed by atoms with van der Waals surface area (Å²) >= 11 is 0. The number of fused-ring (bicyclic) bond motifs is 3. The Balaban J connectivity index is 2.07. The summed E-state index contributed by atoms with van der Waals surface area (Å²) in [5.41, 5.74) is 1.36. The number of aliphatic hydroxyl groups excluding tert-OH is 1. The first-order valence-electron chi connectivity index (χ1n) is 6.82. The molecule has 3 rings (SSSR count). The molecule has 0 radical (unpaired) electrons. The van der Waals surface area contributed by atoms with Gasteiger partial charge in [0.1, 0.15) is 0 Å². The molecule has 1 N–H and O–H groups in total. The fourth-order valence-corrected chi connectivity index (χ4v) is 4.76. The fourth-order valence-electron chi connectivity index (χ4n) is 4.76. The largest absolute Gasteiger partial charge is 0.396 e. The molecule has 2 saturated carbocycles. The van der Waals surface area contributed by atoms with E-state index in [2.05, 4.69) is 20.8 Å². The van der Waals surface area contributed by atoms with Crippen LogP contribution in [0, 0.1) is 28.6 Å². The maximum atomic E-state index is 12.1. The molecular formula is C15H22O2. The number of allylic oxidation sites excluding steroid dienone is 2. The summed E-state index contributed by atoms with van der Waals surface area (Å²) in [5.74, 6) is 1.37. The van der Waals surface area contributed by atoms with Gasteiger partial charge in [0.15, 0.2) is 5.78 Å². The average Bonchev–Trinajstić information content (AvgIpc) is 2.93. The number of hydrogen-bond donors (Lipinski definition) is 1. The highest BCUT2D eigenvalue weighted by atomic mass is 16.3. The molecule has 0 aromatic heterocycles. The second-order valence-corrected chi connectivity index (χ2v) is 6.77. The van der Waals surface area contributed by atoms with E-state index in [1.54, 1.807) is 0 Å². The number of carbonyl (C=O) groups is 1. The Hall–Kier alpha value is -0.630. The molecule has 17 heavy (non-hydrogen) atoms. The van der Waals surface area contributed by atoms with E-state index in [9.17, 15) is 9.90 Å². The monoisotopic (exact) mass is 234 g/mol. The molecule has 2 nitrogen and oxygen atoms in total. The van der Waals surface area contributed by atoms with Crippen molar-refractivity contribution >= 4 is 5.78 Å². The van der Waals surface area contributed by atoms with Gasteiger partial charge < -0.3 is 5.11 Å². The van der Waals surface area contributed by atoms with Gasteiger partial charge in [-0.15, -0.1) is 0 Å². The van der Waals surface area contributed by atoms with Crippen molar-refractivity contribution in [3.63, 3.8) is 0 Å². The minimum atomic E-state index is -0.157. The first-order valence-corrected chi connectivity index (χ1v) is 6.82. The third kappa shape index (κ3) is 1.17. The number of carbonyl (C=O) groups excluding carboxylic acids is 1. The highest BCUT2D eigenvalue weighted by molar-refractivity contribution is 5.97. The van der Waals surface area contributed by atoms with E-state index in [0.717, 1.165) is 6.42 Å². The summed E-state index contributed by atoms with van der Waals surface area (Å²) in [4.78, 5) is 12.1. The predicted octanol–water partition coefficient (Wildman–Crippen LogP) is 2.57. The molecule has 0 bridgehead atoms. The summed E-state index contributed by atoms with van der Waals surface area (Å²) in [5, 5.41) is 9.63. The third-order valence-corrected chi connectivity index (χ3v) is 6.05. The van der Waals surface area contributed by atoms with E-state index < -0.39 is 0 Å². The summed E-state index contributed by atoms with van der Waals surface area (Å²) in [6.45, 7) is 6.88. The number of hydrogen-bond acceptors (Lipinski definition) is 2. The molecule has 0 spiro atoms. The molecule has 0 amide bonds. The van der Waals surface area contributed by atoms with Crippen molar-refractivity contribution in [3.05, 3.63) is 11.6 Å². The van der Waals surface area contributed by atoms with E-state index in [0.29, 0.717) is 11.8 Å². The van der Waals surface area contributed by atoms with Crippen molar-refractivity contribution in [2.75, 3.05) is 6.61 Å². The molecule has 0 heterocycles. The van der Waals surface area contributed by atoms with E-state index in [4.69, 9.17) is 0 Å². The first-order chi connectivity index (χ1) is 7.96. The maximum Gasteiger partial charge on any atom is 0.159 e. The van der Waals surface area contributed by atoms with Gasteiger partial charge in [0.2, 0.25) is 0 Å². The Morgan fingerprint density at radius 1 is 1.47 bits per heavy atom. The maximum absolute atomic E-state index is 12.1. The summed E-state index contributed by atoms with van der Waals surface area (Å²) in [7, 11) is 0. The van der Waals surface area contributed by atoms with Crippen molar-refractivity contribution < 1.29 is 9.90 Å². The molecule has 3 aliphatic rings. The van der Waals surface area contributed by atoms with Crippen LogP contribution in [0.2, 0.25) is 0 Å². The van der Waals surface area contributed by atoms with E-state index in [1.165, 1.54) is 18.4 Å². The van der Waals surface area contributed by atoms with Gasteiger partial charge in [0.05, 0.1) is 0 Å². The zero-order valence-electron chi connectivity index (χ0n) is 11.0. The molecule has 3 aliphatic carbocycles. The second kappa shape index (κ2) is 3.23. The molecular weight excluding hydrogens is 212 g/mol. The van der Waals surface area contributed by atoms with Crippen LogP contribution in [0.3, 0.4) is 0 Å². The molecule has 0 aromatic carbocycles. The Labute approximate surface area is 103 Å². The van der Waals surface area contributed by atoms with Crippen molar-refractivity contribution in [1.82, 2.24) is 0 Å². The minimum absolute atomic E-state index is 0.0850. The van der Waals surface area contributed by atoms with Gasteiger partial charge in [-0.05, 0) is 42.6 Å². The molecule has 94 valence electrons. The van der Waals surface area contributed by atoms with Gasteiger partial charge in [-0.1, -0.05) is 26.3 Å². The van der Waals surface area contributed by atoms with E-state index >= 15 is 0 Å². The second-order valence-electron chi connectivity index (χ2n) is 6.77. The normalized spacial score (nSPS) is 52.6. The van der Waals surface area contributed by atoms with Crippen LogP contribution in [0.5, 0.6) is 0 Å². The zero-order valence-corrected chi connectivity index (χ0v) is 11.0.